The van der Waals surface area contributed by atoms with Crippen LogP contribution in [0.15, 0.2) is 47.4 Å². The van der Waals surface area contributed by atoms with E-state index >= 15 is 4.39 Å². The number of hydrogen-bond acceptors (Lipinski definition) is 4. The van der Waals surface area contributed by atoms with Crippen LogP contribution in [0.2, 0.25) is 0 Å². The van der Waals surface area contributed by atoms with Crippen molar-refractivity contribution in [2.24, 2.45) is 0 Å². The fraction of sp³-hybridized carbons (Fsp3) is 0.595. The maximum Gasteiger partial charge on any atom is 0.200 e. The molecule has 0 aliphatic rings. The first kappa shape index (κ1) is 34.6. The molecule has 5 nitrogen and oxygen atoms in total. The highest BCUT2D eigenvalue weighted by Crippen LogP contribution is 2.30. The van der Waals surface area contributed by atoms with Gasteiger partial charge in [0.2, 0.25) is 0 Å². The Morgan fingerprint density at radius 1 is 0.744 bits per heavy atom. The molecule has 1 heterocycles. The van der Waals surface area contributed by atoms with Gasteiger partial charge in [-0.05, 0) is 81.6 Å². The lowest BCUT2D eigenvalue weighted by molar-refractivity contribution is 0.256. The molecule has 6 heteroatoms. The second-order valence-electron chi connectivity index (χ2n) is 11.8. The van der Waals surface area contributed by atoms with Crippen molar-refractivity contribution in [3.63, 3.8) is 0 Å². The van der Waals surface area contributed by atoms with E-state index in [4.69, 9.17) is 9.47 Å². The monoisotopic (exact) mass is 594 g/mol. The molecule has 0 unspecified atom stereocenters. The molecule has 0 saturated heterocycles. The van der Waals surface area contributed by atoms with E-state index in [9.17, 15) is 4.79 Å². The number of benzene rings is 2. The predicted octanol–water partition coefficient (Wildman–Crippen LogP) is 9.63. The standard InChI is InChI=1S/C37H55FN2O3/c1-5-8-10-11-12-13-14-15-25-39(24-9-6-2)26-16-17-27-40-29-32(30-18-20-31(42-4)21-19-30)37(41)35-33(38)22-23-34(36(35)40)43-28-7-3/h18-23,29H,5-17,24-28H2,1-4H3. The minimum Gasteiger partial charge on any atom is -0.497 e. The minimum atomic E-state index is -0.510. The summed E-state index contributed by atoms with van der Waals surface area (Å²) in [4.78, 5) is 16.3. The number of aryl methyl sites for hydroxylation is 1. The second-order valence-corrected chi connectivity index (χ2v) is 11.8. The molecule has 238 valence electrons. The number of ether oxygens (including phenoxy) is 2. The first-order valence-corrected chi connectivity index (χ1v) is 16.9. The predicted molar refractivity (Wildman–Crippen MR) is 179 cm³/mol. The highest BCUT2D eigenvalue weighted by Gasteiger charge is 2.18. The molecule has 3 aromatic rings. The van der Waals surface area contributed by atoms with Gasteiger partial charge in [0.1, 0.15) is 17.3 Å². The summed E-state index contributed by atoms with van der Waals surface area (Å²) in [5.41, 5.74) is 1.47. The van der Waals surface area contributed by atoms with Crippen LogP contribution < -0.4 is 14.9 Å². The zero-order valence-electron chi connectivity index (χ0n) is 27.3. The maximum atomic E-state index is 15.3. The van der Waals surface area contributed by atoms with Crippen molar-refractivity contribution in [1.82, 2.24) is 9.47 Å². The lowest BCUT2D eigenvalue weighted by Crippen LogP contribution is -2.27. The van der Waals surface area contributed by atoms with Gasteiger partial charge in [0, 0.05) is 18.3 Å². The van der Waals surface area contributed by atoms with Crippen LogP contribution in [0.3, 0.4) is 0 Å². The SMILES string of the molecule is CCCCCCCCCCN(CCCC)CCCCn1cc(-c2ccc(OC)cc2)c(=O)c2c(F)ccc(OCCC)c21. The minimum absolute atomic E-state index is 0.0983. The molecule has 0 fully saturated rings. The summed E-state index contributed by atoms with van der Waals surface area (Å²) >= 11 is 0. The van der Waals surface area contributed by atoms with Crippen molar-refractivity contribution in [2.45, 2.75) is 111 Å². The van der Waals surface area contributed by atoms with Gasteiger partial charge in [-0.3, -0.25) is 4.79 Å². The molecule has 3 rings (SSSR count). The fourth-order valence-corrected chi connectivity index (χ4v) is 5.75. The smallest absolute Gasteiger partial charge is 0.200 e. The lowest BCUT2D eigenvalue weighted by atomic mass is 10.0. The Bertz CT molecular complexity index is 1270. The molecule has 0 N–H and O–H groups in total. The molecule has 1 aromatic heterocycles. The van der Waals surface area contributed by atoms with Gasteiger partial charge in [-0.25, -0.2) is 4.39 Å². The Kier molecular flexibility index (Phi) is 15.6. The third-order valence-corrected chi connectivity index (χ3v) is 8.28. The van der Waals surface area contributed by atoms with Crippen LogP contribution in [0, 0.1) is 5.82 Å². The second kappa shape index (κ2) is 19.4. The van der Waals surface area contributed by atoms with E-state index in [-0.39, 0.29) is 10.8 Å². The van der Waals surface area contributed by atoms with E-state index < -0.39 is 5.82 Å². The highest BCUT2D eigenvalue weighted by molar-refractivity contribution is 5.89. The number of rotatable bonds is 22. The molecule has 43 heavy (non-hydrogen) atoms. The topological polar surface area (TPSA) is 43.7 Å². The van der Waals surface area contributed by atoms with Crippen LogP contribution in [-0.4, -0.2) is 42.8 Å². The first-order valence-electron chi connectivity index (χ1n) is 16.9. The van der Waals surface area contributed by atoms with Crippen molar-refractivity contribution in [2.75, 3.05) is 33.4 Å². The fourth-order valence-electron chi connectivity index (χ4n) is 5.75. The number of methoxy groups -OCH3 is 1. The molecular weight excluding hydrogens is 539 g/mol. The van der Waals surface area contributed by atoms with Gasteiger partial charge in [-0.2, -0.15) is 0 Å². The third-order valence-electron chi connectivity index (χ3n) is 8.28. The first-order chi connectivity index (χ1) is 21.0. The van der Waals surface area contributed by atoms with Crippen LogP contribution in [0.5, 0.6) is 11.5 Å². The molecular formula is C37H55FN2O3. The average Bonchev–Trinajstić information content (AvgIpc) is 3.03. The molecule has 0 atom stereocenters. The molecule has 0 saturated carbocycles. The molecule has 0 amide bonds. The quantitative estimate of drug-likeness (QED) is 0.109. The Morgan fingerprint density at radius 2 is 1.37 bits per heavy atom. The average molecular weight is 595 g/mol. The van der Waals surface area contributed by atoms with Gasteiger partial charge in [0.05, 0.1) is 24.6 Å². The van der Waals surface area contributed by atoms with Gasteiger partial charge in [-0.1, -0.05) is 84.3 Å². The number of nitrogens with zero attached hydrogens (tertiary/aromatic N) is 2. The summed E-state index contributed by atoms with van der Waals surface area (Å²) in [5, 5.41) is 0.0983. The van der Waals surface area contributed by atoms with E-state index in [1.807, 2.05) is 42.0 Å². The molecule has 0 radical (unpaired) electrons. The van der Waals surface area contributed by atoms with E-state index in [1.165, 1.54) is 70.3 Å². The number of fused-ring (bicyclic) bond motifs is 1. The van der Waals surface area contributed by atoms with E-state index in [2.05, 4.69) is 18.7 Å². The summed E-state index contributed by atoms with van der Waals surface area (Å²) in [7, 11) is 1.62. The third kappa shape index (κ3) is 10.7. The Hall–Kier alpha value is -2.86. The van der Waals surface area contributed by atoms with Crippen molar-refractivity contribution in [1.29, 1.82) is 0 Å². The van der Waals surface area contributed by atoms with Gasteiger partial charge >= 0.3 is 0 Å². The van der Waals surface area contributed by atoms with Gasteiger partial charge in [0.25, 0.3) is 0 Å². The Balaban J connectivity index is 1.74. The molecule has 0 spiro atoms. The van der Waals surface area contributed by atoms with E-state index in [0.717, 1.165) is 44.5 Å². The van der Waals surface area contributed by atoms with Crippen LogP contribution in [0.25, 0.3) is 22.0 Å². The van der Waals surface area contributed by atoms with Gasteiger partial charge < -0.3 is 18.9 Å². The molecule has 0 aliphatic carbocycles. The number of unbranched alkanes of at least 4 members (excludes halogenated alkanes) is 9. The normalized spacial score (nSPS) is 11.5. The number of aromatic nitrogens is 1. The van der Waals surface area contributed by atoms with Crippen LogP contribution in [-0.2, 0) is 6.54 Å². The van der Waals surface area contributed by atoms with Crippen molar-refractivity contribution in [3.05, 3.63) is 58.6 Å². The number of hydrogen-bond donors (Lipinski definition) is 0. The van der Waals surface area contributed by atoms with Crippen molar-refractivity contribution >= 4 is 10.9 Å². The summed E-state index contributed by atoms with van der Waals surface area (Å²) < 4.78 is 28.7. The summed E-state index contributed by atoms with van der Waals surface area (Å²) in [6.45, 7) is 11.1. The summed E-state index contributed by atoms with van der Waals surface area (Å²) in [6.07, 6.45) is 17.9. The van der Waals surface area contributed by atoms with Crippen LogP contribution in [0.1, 0.15) is 104 Å². The van der Waals surface area contributed by atoms with E-state index in [1.54, 1.807) is 13.2 Å². The maximum absolute atomic E-state index is 15.3. The molecule has 0 aliphatic heterocycles. The Labute approximate surface area is 259 Å². The zero-order chi connectivity index (χ0) is 30.9. The van der Waals surface area contributed by atoms with Gasteiger partial charge in [0.15, 0.2) is 5.43 Å². The number of pyridine rings is 1. The largest absolute Gasteiger partial charge is 0.497 e. The van der Waals surface area contributed by atoms with E-state index in [0.29, 0.717) is 35.7 Å². The highest BCUT2D eigenvalue weighted by atomic mass is 19.1. The zero-order valence-corrected chi connectivity index (χ0v) is 27.3. The number of halogens is 1. The molecule has 0 bridgehead atoms. The summed E-state index contributed by atoms with van der Waals surface area (Å²) in [6, 6.07) is 10.4. The van der Waals surface area contributed by atoms with Crippen LogP contribution >= 0.6 is 0 Å². The lowest BCUT2D eigenvalue weighted by Gasteiger charge is -2.23. The van der Waals surface area contributed by atoms with Crippen LogP contribution in [0.4, 0.5) is 4.39 Å². The Morgan fingerprint density at radius 3 is 2.02 bits per heavy atom. The van der Waals surface area contributed by atoms with Crippen molar-refractivity contribution in [3.8, 4) is 22.6 Å². The molecule has 2 aromatic carbocycles. The van der Waals surface area contributed by atoms with Gasteiger partial charge in [-0.15, -0.1) is 0 Å². The van der Waals surface area contributed by atoms with Crippen molar-refractivity contribution < 1.29 is 13.9 Å². The summed E-state index contributed by atoms with van der Waals surface area (Å²) in [5.74, 6) is 0.769.